The van der Waals surface area contributed by atoms with Crippen molar-refractivity contribution in [3.8, 4) is 5.69 Å². The average Bonchev–Trinajstić information content (AvgIpc) is 3.24. The van der Waals surface area contributed by atoms with Crippen LogP contribution in [0.1, 0.15) is 18.5 Å². The molecule has 4 rings (SSSR count). The Morgan fingerprint density at radius 1 is 1.27 bits per heavy atom. The van der Waals surface area contributed by atoms with Gasteiger partial charge < -0.3 is 20.6 Å². The molecule has 3 aromatic rings. The number of likely N-dealkylation sites (tertiary alicyclic amines) is 1. The van der Waals surface area contributed by atoms with Gasteiger partial charge in [-0.3, -0.25) is 4.98 Å². The number of carbonyl (C=O) groups is 1. The SMILES string of the molecule is Cc1ncc(NCC2CCCN(C(=O)O)C2)cc1Nc1ncn(-c2ccccc2)n1. The van der Waals surface area contributed by atoms with Crippen LogP contribution >= 0.6 is 0 Å². The summed E-state index contributed by atoms with van der Waals surface area (Å²) >= 11 is 0. The van der Waals surface area contributed by atoms with E-state index in [4.69, 9.17) is 0 Å². The van der Waals surface area contributed by atoms with Gasteiger partial charge in [-0.15, -0.1) is 5.10 Å². The highest BCUT2D eigenvalue weighted by Gasteiger charge is 2.23. The number of benzene rings is 1. The summed E-state index contributed by atoms with van der Waals surface area (Å²) in [5.74, 6) is 0.779. The van der Waals surface area contributed by atoms with E-state index in [1.807, 2.05) is 43.3 Å². The smallest absolute Gasteiger partial charge is 0.407 e. The van der Waals surface area contributed by atoms with Crippen molar-refractivity contribution < 1.29 is 9.90 Å². The van der Waals surface area contributed by atoms with E-state index < -0.39 is 6.09 Å². The number of nitrogens with one attached hydrogen (secondary N) is 2. The topological polar surface area (TPSA) is 108 Å². The highest BCUT2D eigenvalue weighted by Crippen LogP contribution is 2.22. The molecule has 1 aromatic carbocycles. The van der Waals surface area contributed by atoms with Crippen LogP contribution in [0.4, 0.5) is 22.1 Å². The number of amides is 1. The summed E-state index contributed by atoms with van der Waals surface area (Å²) in [6.45, 7) is 3.81. The van der Waals surface area contributed by atoms with E-state index in [9.17, 15) is 9.90 Å². The number of nitrogens with zero attached hydrogens (tertiary/aromatic N) is 5. The zero-order valence-electron chi connectivity index (χ0n) is 16.8. The minimum Gasteiger partial charge on any atom is -0.465 e. The molecule has 3 N–H and O–H groups in total. The summed E-state index contributed by atoms with van der Waals surface area (Å²) in [6, 6.07) is 11.8. The van der Waals surface area contributed by atoms with Gasteiger partial charge in [0.2, 0.25) is 5.95 Å². The van der Waals surface area contributed by atoms with Crippen LogP contribution in [-0.2, 0) is 0 Å². The molecule has 0 spiro atoms. The Morgan fingerprint density at radius 2 is 2.10 bits per heavy atom. The fourth-order valence-corrected chi connectivity index (χ4v) is 3.57. The third-order valence-corrected chi connectivity index (χ3v) is 5.23. The lowest BCUT2D eigenvalue weighted by Crippen LogP contribution is -2.41. The summed E-state index contributed by atoms with van der Waals surface area (Å²) in [5.41, 5.74) is 3.47. The predicted molar refractivity (Wildman–Crippen MR) is 114 cm³/mol. The number of carboxylic acid groups (broad SMARTS) is 1. The number of para-hydroxylation sites is 1. The van der Waals surface area contributed by atoms with E-state index >= 15 is 0 Å². The fourth-order valence-electron chi connectivity index (χ4n) is 3.57. The molecule has 9 heteroatoms. The molecule has 1 saturated heterocycles. The van der Waals surface area contributed by atoms with Crippen molar-refractivity contribution in [3.63, 3.8) is 0 Å². The molecule has 1 amide bonds. The van der Waals surface area contributed by atoms with Gasteiger partial charge in [0.25, 0.3) is 0 Å². The molecule has 0 bridgehead atoms. The summed E-state index contributed by atoms with van der Waals surface area (Å²) in [6.07, 6.45) is 4.52. The van der Waals surface area contributed by atoms with Crippen LogP contribution < -0.4 is 10.6 Å². The molecule has 156 valence electrons. The molecular weight excluding hydrogens is 382 g/mol. The molecule has 1 aliphatic heterocycles. The highest BCUT2D eigenvalue weighted by molar-refractivity contribution is 5.65. The molecule has 9 nitrogen and oxygen atoms in total. The molecule has 1 aliphatic rings. The van der Waals surface area contributed by atoms with Crippen molar-refractivity contribution in [1.29, 1.82) is 0 Å². The number of aromatic nitrogens is 4. The van der Waals surface area contributed by atoms with Crippen molar-refractivity contribution in [3.05, 3.63) is 54.6 Å². The first kappa shape index (κ1) is 19.7. The van der Waals surface area contributed by atoms with Crippen LogP contribution in [0.2, 0.25) is 0 Å². The predicted octanol–water partition coefficient (Wildman–Crippen LogP) is 3.52. The van der Waals surface area contributed by atoms with Crippen molar-refractivity contribution in [2.45, 2.75) is 19.8 Å². The first-order valence-corrected chi connectivity index (χ1v) is 10.0. The standard InChI is InChI=1S/C21H25N7O2/c1-15-19(25-20-24-14-28(26-20)18-7-3-2-4-8-18)10-17(12-22-15)23-11-16-6-5-9-27(13-16)21(29)30/h2-4,7-8,10,12,14,16,23H,5-6,9,11,13H2,1H3,(H,25,26)(H,29,30). The second-order valence-electron chi connectivity index (χ2n) is 7.45. The van der Waals surface area contributed by atoms with E-state index in [2.05, 4.69) is 25.7 Å². The summed E-state index contributed by atoms with van der Waals surface area (Å²) in [5, 5.41) is 20.3. The van der Waals surface area contributed by atoms with Crippen LogP contribution in [0.15, 0.2) is 48.9 Å². The Balaban J connectivity index is 1.40. The summed E-state index contributed by atoms with van der Waals surface area (Å²) in [7, 11) is 0. The quantitative estimate of drug-likeness (QED) is 0.574. The second-order valence-corrected chi connectivity index (χ2v) is 7.45. The van der Waals surface area contributed by atoms with Crippen LogP contribution in [-0.4, -0.2) is 55.5 Å². The minimum absolute atomic E-state index is 0.288. The maximum absolute atomic E-state index is 11.2. The molecule has 3 heterocycles. The van der Waals surface area contributed by atoms with Crippen LogP contribution in [0.25, 0.3) is 5.69 Å². The summed E-state index contributed by atoms with van der Waals surface area (Å²) in [4.78, 5) is 21.5. The van der Waals surface area contributed by atoms with Gasteiger partial charge in [0.15, 0.2) is 0 Å². The lowest BCUT2D eigenvalue weighted by molar-refractivity contribution is 0.122. The van der Waals surface area contributed by atoms with Gasteiger partial charge in [-0.2, -0.15) is 4.98 Å². The number of rotatable bonds is 6. The first-order valence-electron chi connectivity index (χ1n) is 10.0. The maximum atomic E-state index is 11.2. The number of hydrogen-bond donors (Lipinski definition) is 3. The lowest BCUT2D eigenvalue weighted by Gasteiger charge is -2.31. The molecule has 1 fully saturated rings. The molecule has 1 unspecified atom stereocenters. The summed E-state index contributed by atoms with van der Waals surface area (Å²) < 4.78 is 1.71. The van der Waals surface area contributed by atoms with Gasteiger partial charge in [0.05, 0.1) is 29.0 Å². The highest BCUT2D eigenvalue weighted by atomic mass is 16.4. The normalized spacial score (nSPS) is 16.3. The van der Waals surface area contributed by atoms with Crippen molar-refractivity contribution in [1.82, 2.24) is 24.6 Å². The molecule has 2 aromatic heterocycles. The molecule has 0 aliphatic carbocycles. The Bertz CT molecular complexity index is 1010. The van der Waals surface area contributed by atoms with Crippen LogP contribution in [0, 0.1) is 12.8 Å². The first-order chi connectivity index (χ1) is 14.6. The Kier molecular flexibility index (Phi) is 5.78. The Labute approximate surface area is 174 Å². The molecule has 0 saturated carbocycles. The monoisotopic (exact) mass is 407 g/mol. The number of piperidine rings is 1. The Hall–Kier alpha value is -3.62. The van der Waals surface area contributed by atoms with Gasteiger partial charge in [-0.1, -0.05) is 18.2 Å². The maximum Gasteiger partial charge on any atom is 0.407 e. The fraction of sp³-hybridized carbons (Fsp3) is 0.333. The third-order valence-electron chi connectivity index (χ3n) is 5.23. The number of aryl methyl sites for hydroxylation is 1. The lowest BCUT2D eigenvalue weighted by atomic mass is 9.98. The zero-order valence-corrected chi connectivity index (χ0v) is 16.8. The van der Waals surface area contributed by atoms with Crippen LogP contribution in [0.3, 0.4) is 0 Å². The van der Waals surface area contributed by atoms with Gasteiger partial charge in [-0.05, 0) is 43.9 Å². The average molecular weight is 407 g/mol. The molecule has 0 radical (unpaired) electrons. The largest absolute Gasteiger partial charge is 0.465 e. The van der Waals surface area contributed by atoms with E-state index in [1.165, 1.54) is 4.90 Å². The van der Waals surface area contributed by atoms with E-state index in [0.29, 0.717) is 25.6 Å². The number of anilines is 3. The molecule has 1 atom stereocenters. The van der Waals surface area contributed by atoms with Gasteiger partial charge in [-0.25, -0.2) is 9.48 Å². The van der Waals surface area contributed by atoms with Crippen LogP contribution in [0.5, 0.6) is 0 Å². The van der Waals surface area contributed by atoms with E-state index in [0.717, 1.165) is 35.6 Å². The minimum atomic E-state index is -0.842. The van der Waals surface area contributed by atoms with Crippen molar-refractivity contribution >= 4 is 23.4 Å². The second kappa shape index (κ2) is 8.81. The molecule has 30 heavy (non-hydrogen) atoms. The zero-order chi connectivity index (χ0) is 20.9. The number of hydrogen-bond acceptors (Lipinski definition) is 6. The van der Waals surface area contributed by atoms with E-state index in [1.54, 1.807) is 17.2 Å². The van der Waals surface area contributed by atoms with Crippen molar-refractivity contribution in [2.24, 2.45) is 5.92 Å². The van der Waals surface area contributed by atoms with Gasteiger partial charge in [0, 0.05) is 19.6 Å². The third kappa shape index (κ3) is 4.68. The van der Waals surface area contributed by atoms with Gasteiger partial charge >= 0.3 is 6.09 Å². The van der Waals surface area contributed by atoms with Gasteiger partial charge in [0.1, 0.15) is 6.33 Å². The molecular formula is C21H25N7O2. The number of pyridine rings is 1. The Morgan fingerprint density at radius 3 is 2.90 bits per heavy atom. The van der Waals surface area contributed by atoms with Crippen molar-refractivity contribution in [2.75, 3.05) is 30.3 Å². The van der Waals surface area contributed by atoms with E-state index in [-0.39, 0.29) is 5.92 Å².